The molecule has 2 heterocycles. The Hall–Kier alpha value is -2.96. The van der Waals surface area contributed by atoms with Crippen LogP contribution in [0.25, 0.3) is 21.9 Å². The molecule has 35 heavy (non-hydrogen) atoms. The average Bonchev–Trinajstić information content (AvgIpc) is 3.42. The highest BCUT2D eigenvalue weighted by Gasteiger charge is 2.44. The maximum Gasteiger partial charge on any atom is 0.319 e. The van der Waals surface area contributed by atoms with E-state index in [2.05, 4.69) is 45.9 Å². The van der Waals surface area contributed by atoms with Crippen molar-refractivity contribution in [3.8, 4) is 11.1 Å². The van der Waals surface area contributed by atoms with E-state index in [0.717, 1.165) is 78.5 Å². The second kappa shape index (κ2) is 9.96. The van der Waals surface area contributed by atoms with Gasteiger partial charge in [-0.05, 0) is 41.3 Å². The Morgan fingerprint density at radius 1 is 1.00 bits per heavy atom. The zero-order chi connectivity index (χ0) is 23.6. The zero-order valence-corrected chi connectivity index (χ0v) is 20.2. The van der Waals surface area contributed by atoms with E-state index < -0.39 is 0 Å². The fourth-order valence-electron chi connectivity index (χ4n) is 5.94. The Morgan fingerprint density at radius 2 is 1.80 bits per heavy atom. The van der Waals surface area contributed by atoms with Crippen LogP contribution in [0.4, 0.5) is 10.5 Å². The van der Waals surface area contributed by atoms with Gasteiger partial charge in [-0.2, -0.15) is 0 Å². The third kappa shape index (κ3) is 5.04. The summed E-state index contributed by atoms with van der Waals surface area (Å²) < 4.78 is 5.44. The highest BCUT2D eigenvalue weighted by Crippen LogP contribution is 2.45. The van der Waals surface area contributed by atoms with Crippen LogP contribution in [0, 0.1) is 11.8 Å². The lowest BCUT2D eigenvalue weighted by molar-refractivity contribution is 0.0336. The first-order chi connectivity index (χ1) is 17.2. The minimum Gasteiger partial charge on any atom is -0.379 e. The number of ether oxygens (including phenoxy) is 1. The molecule has 182 valence electrons. The molecule has 0 bridgehead atoms. The Bertz CT molecular complexity index is 1180. The number of morpholine rings is 1. The molecule has 3 aliphatic rings. The van der Waals surface area contributed by atoms with Crippen molar-refractivity contribution in [1.29, 1.82) is 0 Å². The first kappa shape index (κ1) is 22.5. The third-order valence-electron chi connectivity index (χ3n) is 7.96. The summed E-state index contributed by atoms with van der Waals surface area (Å²) in [5.41, 5.74) is 4.13. The van der Waals surface area contributed by atoms with Crippen LogP contribution >= 0.6 is 0 Å². The number of aromatic nitrogens is 1. The van der Waals surface area contributed by atoms with Crippen molar-refractivity contribution in [1.82, 2.24) is 15.2 Å². The van der Waals surface area contributed by atoms with E-state index in [1.165, 1.54) is 25.7 Å². The smallest absolute Gasteiger partial charge is 0.319 e. The van der Waals surface area contributed by atoms with E-state index in [-0.39, 0.29) is 6.03 Å². The summed E-state index contributed by atoms with van der Waals surface area (Å²) in [7, 11) is 0. The number of urea groups is 1. The first-order valence-corrected chi connectivity index (χ1v) is 13.1. The van der Waals surface area contributed by atoms with Crippen molar-refractivity contribution < 1.29 is 9.53 Å². The van der Waals surface area contributed by atoms with E-state index in [4.69, 9.17) is 9.72 Å². The van der Waals surface area contributed by atoms with Crippen LogP contribution in [-0.2, 0) is 11.3 Å². The molecule has 0 radical (unpaired) electrons. The minimum absolute atomic E-state index is 0.0949. The van der Waals surface area contributed by atoms with E-state index in [1.807, 2.05) is 24.4 Å². The van der Waals surface area contributed by atoms with Gasteiger partial charge in [-0.3, -0.25) is 9.88 Å². The van der Waals surface area contributed by atoms with Gasteiger partial charge in [0.15, 0.2) is 0 Å². The number of nitrogens with zero attached hydrogens (tertiary/aromatic N) is 2. The molecule has 2 atom stereocenters. The molecule has 3 aromatic rings. The summed E-state index contributed by atoms with van der Waals surface area (Å²) >= 11 is 0. The maximum atomic E-state index is 12.8. The molecular weight excluding hydrogens is 436 g/mol. The number of benzene rings is 2. The van der Waals surface area contributed by atoms with Crippen LogP contribution in [0.15, 0.2) is 54.7 Å². The molecule has 2 unspecified atom stereocenters. The lowest BCUT2D eigenvalue weighted by Gasteiger charge is -2.26. The molecule has 6 nitrogen and oxygen atoms in total. The van der Waals surface area contributed by atoms with Gasteiger partial charge in [-0.25, -0.2) is 4.79 Å². The second-order valence-electron chi connectivity index (χ2n) is 10.3. The van der Waals surface area contributed by atoms with Crippen molar-refractivity contribution >= 4 is 22.5 Å². The number of hydrogen-bond acceptors (Lipinski definition) is 4. The van der Waals surface area contributed by atoms with Gasteiger partial charge in [0.2, 0.25) is 0 Å². The quantitative estimate of drug-likeness (QED) is 0.504. The number of amides is 2. The summed E-state index contributed by atoms with van der Waals surface area (Å²) in [6.07, 6.45) is 8.47. The largest absolute Gasteiger partial charge is 0.379 e. The zero-order valence-electron chi connectivity index (χ0n) is 20.2. The minimum atomic E-state index is -0.0949. The topological polar surface area (TPSA) is 66.5 Å². The number of carbonyl (C=O) groups excluding carboxylic acids is 1. The molecule has 2 aliphatic carbocycles. The maximum absolute atomic E-state index is 12.8. The molecule has 2 amide bonds. The van der Waals surface area contributed by atoms with Crippen LogP contribution in [0.5, 0.6) is 0 Å². The van der Waals surface area contributed by atoms with Crippen molar-refractivity contribution in [2.45, 2.75) is 44.7 Å². The number of anilines is 1. The third-order valence-corrected chi connectivity index (χ3v) is 7.96. The molecule has 6 rings (SSSR count). The fourth-order valence-corrected chi connectivity index (χ4v) is 5.94. The summed E-state index contributed by atoms with van der Waals surface area (Å²) in [6.45, 7) is 4.36. The van der Waals surface area contributed by atoms with Gasteiger partial charge in [-0.15, -0.1) is 0 Å². The Kier molecular flexibility index (Phi) is 6.40. The van der Waals surface area contributed by atoms with Gasteiger partial charge in [-0.1, -0.05) is 62.1 Å². The van der Waals surface area contributed by atoms with Crippen molar-refractivity contribution in [2.24, 2.45) is 11.8 Å². The van der Waals surface area contributed by atoms with E-state index in [1.54, 1.807) is 0 Å². The van der Waals surface area contributed by atoms with Crippen molar-refractivity contribution in [3.63, 3.8) is 0 Å². The average molecular weight is 471 g/mol. The van der Waals surface area contributed by atoms with Gasteiger partial charge in [0.25, 0.3) is 0 Å². The molecule has 6 heteroatoms. The van der Waals surface area contributed by atoms with Crippen LogP contribution in [-0.4, -0.2) is 48.3 Å². The first-order valence-electron chi connectivity index (χ1n) is 13.1. The number of fused-ring (bicyclic) bond motifs is 1. The van der Waals surface area contributed by atoms with Gasteiger partial charge < -0.3 is 15.4 Å². The SMILES string of the molecule is O=C(Nc1ccc(-c2ccc(CN3CCOCC3)nc2)c2ccccc12)NC1CC1C1CCCC1. The monoisotopic (exact) mass is 470 g/mol. The molecule has 2 N–H and O–H groups in total. The standard InChI is InChI=1S/C29H34N4O2/c34-29(32-28-17-26(28)20-5-1-2-6-20)31-27-12-11-23(24-7-3-4-8-25(24)27)21-9-10-22(30-18-21)19-33-13-15-35-16-14-33/h3-4,7-12,18,20,26,28H,1-2,5-6,13-17,19H2,(H2,31,32,34). The molecule has 2 saturated carbocycles. The summed E-state index contributed by atoms with van der Waals surface area (Å²) in [5, 5.41) is 8.48. The van der Waals surface area contributed by atoms with Gasteiger partial charge in [0.1, 0.15) is 0 Å². The number of hydrogen-bond donors (Lipinski definition) is 2. The van der Waals surface area contributed by atoms with Crippen LogP contribution in [0.2, 0.25) is 0 Å². The van der Waals surface area contributed by atoms with E-state index in [0.29, 0.717) is 12.0 Å². The lowest BCUT2D eigenvalue weighted by Crippen LogP contribution is -2.35. The predicted octanol–water partition coefficient (Wildman–Crippen LogP) is 5.43. The van der Waals surface area contributed by atoms with Gasteiger partial charge in [0, 0.05) is 42.8 Å². The Labute approximate surface area is 207 Å². The summed E-state index contributed by atoms with van der Waals surface area (Å²) in [4.78, 5) is 19.9. The number of pyridine rings is 1. The Balaban J connectivity index is 1.16. The molecule has 0 spiro atoms. The lowest BCUT2D eigenvalue weighted by atomic mass is 9.98. The van der Waals surface area contributed by atoms with Gasteiger partial charge in [0.05, 0.1) is 24.6 Å². The van der Waals surface area contributed by atoms with Crippen molar-refractivity contribution in [2.75, 3.05) is 31.6 Å². The molecule has 1 aliphatic heterocycles. The molecular formula is C29H34N4O2. The summed E-state index contributed by atoms with van der Waals surface area (Å²) in [6, 6.07) is 16.9. The molecule has 1 saturated heterocycles. The molecule has 1 aromatic heterocycles. The van der Waals surface area contributed by atoms with Crippen LogP contribution < -0.4 is 10.6 Å². The van der Waals surface area contributed by atoms with Crippen molar-refractivity contribution in [3.05, 3.63) is 60.4 Å². The number of nitrogens with one attached hydrogen (secondary N) is 2. The number of rotatable bonds is 6. The summed E-state index contributed by atoms with van der Waals surface area (Å²) in [5.74, 6) is 1.50. The molecule has 3 fully saturated rings. The van der Waals surface area contributed by atoms with Gasteiger partial charge >= 0.3 is 6.03 Å². The van der Waals surface area contributed by atoms with Crippen LogP contribution in [0.3, 0.4) is 0 Å². The molecule has 2 aromatic carbocycles. The fraction of sp³-hybridized carbons (Fsp3) is 0.448. The highest BCUT2D eigenvalue weighted by atomic mass is 16.5. The predicted molar refractivity (Wildman–Crippen MR) is 139 cm³/mol. The van der Waals surface area contributed by atoms with Crippen LogP contribution in [0.1, 0.15) is 37.8 Å². The number of carbonyl (C=O) groups is 1. The second-order valence-corrected chi connectivity index (χ2v) is 10.3. The normalized spacial score (nSPS) is 22.9. The Morgan fingerprint density at radius 3 is 2.57 bits per heavy atom. The van der Waals surface area contributed by atoms with E-state index >= 15 is 0 Å². The highest BCUT2D eigenvalue weighted by molar-refractivity contribution is 6.07. The van der Waals surface area contributed by atoms with E-state index in [9.17, 15) is 4.79 Å².